The first-order chi connectivity index (χ1) is 14.6. The lowest BCUT2D eigenvalue weighted by Crippen LogP contribution is -2.45. The number of guanidine groups is 1. The van der Waals surface area contributed by atoms with E-state index >= 15 is 0 Å². The third-order valence-electron chi connectivity index (χ3n) is 6.18. The van der Waals surface area contributed by atoms with Crippen molar-refractivity contribution < 1.29 is 14.3 Å². The fourth-order valence-electron chi connectivity index (χ4n) is 4.39. The Morgan fingerprint density at radius 3 is 2.52 bits per heavy atom. The maximum Gasteiger partial charge on any atom is 0.220 e. The van der Waals surface area contributed by atoms with Gasteiger partial charge < -0.3 is 25.0 Å². The summed E-state index contributed by atoms with van der Waals surface area (Å²) in [7, 11) is 5.21. The monoisotopic (exact) mass is 544 g/mol. The Hall–Kier alpha value is -1.71. The van der Waals surface area contributed by atoms with E-state index in [0.717, 1.165) is 61.8 Å². The summed E-state index contributed by atoms with van der Waals surface area (Å²) in [6, 6.07) is 6.05. The summed E-state index contributed by atoms with van der Waals surface area (Å²) in [4.78, 5) is 18.4. The molecular formula is C23H37IN4O3. The van der Waals surface area contributed by atoms with Crippen molar-refractivity contribution in [3.63, 3.8) is 0 Å². The molecule has 1 saturated carbocycles. The number of hydrogen-bond acceptors (Lipinski definition) is 4. The van der Waals surface area contributed by atoms with Gasteiger partial charge in [0, 0.05) is 45.7 Å². The van der Waals surface area contributed by atoms with Crippen LogP contribution >= 0.6 is 24.0 Å². The molecule has 8 heteroatoms. The van der Waals surface area contributed by atoms with E-state index in [9.17, 15) is 4.79 Å². The predicted molar refractivity (Wildman–Crippen MR) is 134 cm³/mol. The molecule has 1 amide bonds. The van der Waals surface area contributed by atoms with Crippen molar-refractivity contribution in [1.29, 1.82) is 0 Å². The number of para-hydroxylation sites is 1. The number of ether oxygens (including phenoxy) is 2. The molecule has 1 heterocycles. The second-order valence-electron chi connectivity index (χ2n) is 8.18. The highest BCUT2D eigenvalue weighted by molar-refractivity contribution is 14.0. The fourth-order valence-corrected chi connectivity index (χ4v) is 4.39. The van der Waals surface area contributed by atoms with Gasteiger partial charge in [0.2, 0.25) is 5.91 Å². The van der Waals surface area contributed by atoms with Crippen molar-refractivity contribution in [1.82, 2.24) is 15.5 Å². The highest BCUT2D eigenvalue weighted by atomic mass is 127. The van der Waals surface area contributed by atoms with Crippen LogP contribution in [0.1, 0.15) is 50.5 Å². The maximum absolute atomic E-state index is 11.6. The van der Waals surface area contributed by atoms with E-state index in [1.54, 1.807) is 14.2 Å². The van der Waals surface area contributed by atoms with Gasteiger partial charge in [-0.3, -0.25) is 9.79 Å². The molecule has 174 valence electrons. The number of hydrogen-bond donors (Lipinski definition) is 2. The number of carbonyl (C=O) groups is 1. The fraction of sp³-hybridized carbons (Fsp3) is 0.652. The minimum atomic E-state index is 0. The Morgan fingerprint density at radius 1 is 1.19 bits per heavy atom. The molecule has 1 aromatic carbocycles. The molecule has 0 bridgehead atoms. The summed E-state index contributed by atoms with van der Waals surface area (Å²) in [6.45, 7) is 2.44. The van der Waals surface area contributed by atoms with Gasteiger partial charge in [-0.1, -0.05) is 12.1 Å². The molecule has 0 unspecified atom stereocenters. The Kier molecular flexibility index (Phi) is 10.7. The summed E-state index contributed by atoms with van der Waals surface area (Å²) in [6.07, 6.45) is 7.58. The number of halogens is 1. The molecule has 0 atom stereocenters. The first kappa shape index (κ1) is 25.5. The molecule has 0 spiro atoms. The van der Waals surface area contributed by atoms with E-state index in [0.29, 0.717) is 18.9 Å². The van der Waals surface area contributed by atoms with Crippen LogP contribution in [-0.4, -0.2) is 57.2 Å². The van der Waals surface area contributed by atoms with Gasteiger partial charge >= 0.3 is 0 Å². The van der Waals surface area contributed by atoms with Crippen molar-refractivity contribution >= 4 is 35.8 Å². The highest BCUT2D eigenvalue weighted by Gasteiger charge is 2.24. The average molecular weight is 544 g/mol. The molecule has 7 nitrogen and oxygen atoms in total. The average Bonchev–Trinajstić information content (AvgIpc) is 3.29. The predicted octanol–water partition coefficient (Wildman–Crippen LogP) is 3.56. The lowest BCUT2D eigenvalue weighted by atomic mass is 9.93. The van der Waals surface area contributed by atoms with Gasteiger partial charge in [-0.25, -0.2) is 0 Å². The number of carbonyl (C=O) groups excluding carboxylic acids is 1. The molecule has 1 aromatic rings. The van der Waals surface area contributed by atoms with E-state index in [1.807, 2.05) is 19.2 Å². The number of rotatable bonds is 7. The van der Waals surface area contributed by atoms with E-state index < -0.39 is 0 Å². The minimum absolute atomic E-state index is 0. The zero-order valence-electron chi connectivity index (χ0n) is 19.0. The number of methoxy groups -OCH3 is 1. The number of benzene rings is 1. The zero-order valence-corrected chi connectivity index (χ0v) is 21.3. The molecule has 2 N–H and O–H groups in total. The molecule has 2 aliphatic rings. The summed E-state index contributed by atoms with van der Waals surface area (Å²) in [5.41, 5.74) is 1.08. The van der Waals surface area contributed by atoms with Gasteiger partial charge in [0.1, 0.15) is 0 Å². The Balaban J connectivity index is 0.00000341. The molecule has 2 fully saturated rings. The Morgan fingerprint density at radius 2 is 1.90 bits per heavy atom. The number of nitrogens with one attached hydrogen (secondary N) is 2. The zero-order chi connectivity index (χ0) is 21.3. The van der Waals surface area contributed by atoms with Gasteiger partial charge in [0.25, 0.3) is 0 Å². The normalized spacial score (nSPS) is 17.8. The van der Waals surface area contributed by atoms with Crippen molar-refractivity contribution in [2.45, 2.75) is 57.6 Å². The third-order valence-corrected chi connectivity index (χ3v) is 6.18. The number of piperidine rings is 1. The van der Waals surface area contributed by atoms with Gasteiger partial charge in [-0.2, -0.15) is 0 Å². The van der Waals surface area contributed by atoms with Crippen LogP contribution in [0.3, 0.4) is 0 Å². The quantitative estimate of drug-likeness (QED) is 0.312. The van der Waals surface area contributed by atoms with Crippen molar-refractivity contribution in [2.24, 2.45) is 10.9 Å². The minimum Gasteiger partial charge on any atom is -0.493 e. The first-order valence-electron chi connectivity index (χ1n) is 11.1. The van der Waals surface area contributed by atoms with Crippen LogP contribution in [0.15, 0.2) is 23.2 Å². The van der Waals surface area contributed by atoms with Crippen LogP contribution in [0, 0.1) is 5.92 Å². The van der Waals surface area contributed by atoms with Crippen LogP contribution in [0.4, 0.5) is 0 Å². The van der Waals surface area contributed by atoms with Gasteiger partial charge in [-0.15, -0.1) is 24.0 Å². The second-order valence-corrected chi connectivity index (χ2v) is 8.18. The van der Waals surface area contributed by atoms with Crippen molar-refractivity contribution in [3.8, 4) is 11.5 Å². The smallest absolute Gasteiger partial charge is 0.220 e. The van der Waals surface area contributed by atoms with Gasteiger partial charge in [0.05, 0.1) is 13.2 Å². The van der Waals surface area contributed by atoms with Crippen LogP contribution in [0.25, 0.3) is 0 Å². The number of likely N-dealkylation sites (tertiary alicyclic amines) is 1. The summed E-state index contributed by atoms with van der Waals surface area (Å²) in [5, 5.41) is 6.23. The molecular weight excluding hydrogens is 507 g/mol. The second kappa shape index (κ2) is 13.0. The highest BCUT2D eigenvalue weighted by Crippen LogP contribution is 2.35. The molecule has 1 aliphatic heterocycles. The molecule has 0 aromatic heterocycles. The SMILES string of the molecule is CN=C(NCc1cccc(OC)c1OC1CCCC1)N1CCC(CC(=O)NC)CC1.I. The van der Waals surface area contributed by atoms with Crippen LogP contribution in [-0.2, 0) is 11.3 Å². The summed E-state index contributed by atoms with van der Waals surface area (Å²) < 4.78 is 11.9. The van der Waals surface area contributed by atoms with E-state index in [2.05, 4.69) is 26.6 Å². The first-order valence-corrected chi connectivity index (χ1v) is 11.1. The lowest BCUT2D eigenvalue weighted by molar-refractivity contribution is -0.121. The molecule has 31 heavy (non-hydrogen) atoms. The molecule has 3 rings (SSSR count). The number of amides is 1. The topological polar surface area (TPSA) is 75.2 Å². The van der Waals surface area contributed by atoms with E-state index in [-0.39, 0.29) is 36.0 Å². The van der Waals surface area contributed by atoms with Gasteiger partial charge in [0.15, 0.2) is 17.5 Å². The maximum atomic E-state index is 11.6. The van der Waals surface area contributed by atoms with Crippen LogP contribution < -0.4 is 20.1 Å². The van der Waals surface area contributed by atoms with Crippen molar-refractivity contribution in [2.75, 3.05) is 34.3 Å². The third kappa shape index (κ3) is 7.15. The van der Waals surface area contributed by atoms with Crippen molar-refractivity contribution in [3.05, 3.63) is 23.8 Å². The number of aliphatic imine (C=N–C) groups is 1. The largest absolute Gasteiger partial charge is 0.493 e. The molecule has 1 aliphatic carbocycles. The summed E-state index contributed by atoms with van der Waals surface area (Å²) >= 11 is 0. The standard InChI is InChI=1S/C23H36N4O3.HI/c1-24-21(28)15-17-11-13-27(14-12-17)23(25-2)26-16-18-7-6-10-20(29-3)22(18)30-19-8-4-5-9-19;/h6-7,10,17,19H,4-5,8-9,11-16H2,1-3H3,(H,24,28)(H,25,26);1H. The van der Waals surface area contributed by atoms with Crippen LogP contribution in [0.5, 0.6) is 11.5 Å². The van der Waals surface area contributed by atoms with E-state index in [4.69, 9.17) is 9.47 Å². The Bertz CT molecular complexity index is 730. The molecule has 0 radical (unpaired) electrons. The van der Waals surface area contributed by atoms with Gasteiger partial charge in [-0.05, 0) is 50.5 Å². The lowest BCUT2D eigenvalue weighted by Gasteiger charge is -2.34. The number of nitrogens with zero attached hydrogens (tertiary/aromatic N) is 2. The summed E-state index contributed by atoms with van der Waals surface area (Å²) in [5.74, 6) is 3.10. The van der Waals surface area contributed by atoms with Crippen LogP contribution in [0.2, 0.25) is 0 Å². The molecule has 1 saturated heterocycles. The van der Waals surface area contributed by atoms with E-state index in [1.165, 1.54) is 12.8 Å². The Labute approximate surface area is 203 Å².